The van der Waals surface area contributed by atoms with Crippen molar-refractivity contribution in [3.05, 3.63) is 80.1 Å². The SMILES string of the molecule is COc1ccc(NC(=O)CN(c2cc(C)cc(C)c2)S(=O)(=O)c2c(C)[nH]c(=O)[nH]c2=O)cc1. The molecule has 0 unspecified atom stereocenters. The predicted molar refractivity (Wildman–Crippen MR) is 124 cm³/mol. The molecule has 2 aromatic carbocycles. The molecule has 3 N–H and O–H groups in total. The van der Waals surface area contributed by atoms with Gasteiger partial charge in [-0.3, -0.25) is 18.9 Å². The summed E-state index contributed by atoms with van der Waals surface area (Å²) in [5, 5.41) is 2.64. The molecule has 0 radical (unpaired) electrons. The van der Waals surface area contributed by atoms with Crippen LogP contribution in [0.4, 0.5) is 11.4 Å². The third-order valence-corrected chi connectivity index (χ3v) is 6.71. The summed E-state index contributed by atoms with van der Waals surface area (Å²) in [5.74, 6) is -0.0263. The molecule has 0 saturated carbocycles. The normalized spacial score (nSPS) is 11.2. The first-order valence-corrected chi connectivity index (χ1v) is 11.3. The van der Waals surface area contributed by atoms with Crippen molar-refractivity contribution in [1.29, 1.82) is 0 Å². The molecule has 0 aliphatic heterocycles. The van der Waals surface area contributed by atoms with Gasteiger partial charge in [0.25, 0.3) is 15.6 Å². The van der Waals surface area contributed by atoms with Crippen molar-refractivity contribution in [2.24, 2.45) is 0 Å². The molecule has 3 aromatic rings. The van der Waals surface area contributed by atoms with Gasteiger partial charge in [-0.05, 0) is 68.3 Å². The monoisotopic (exact) mass is 472 g/mol. The lowest BCUT2D eigenvalue weighted by molar-refractivity contribution is -0.114. The third-order valence-electron chi connectivity index (χ3n) is 4.78. The minimum Gasteiger partial charge on any atom is -0.497 e. The molecule has 0 saturated heterocycles. The number of aryl methyl sites for hydroxylation is 3. The second kappa shape index (κ2) is 9.33. The van der Waals surface area contributed by atoms with Crippen LogP contribution in [0, 0.1) is 20.8 Å². The number of rotatable bonds is 7. The molecule has 1 aromatic heterocycles. The van der Waals surface area contributed by atoms with E-state index in [-0.39, 0.29) is 11.4 Å². The molecule has 0 atom stereocenters. The summed E-state index contributed by atoms with van der Waals surface area (Å²) in [6.45, 7) is 4.28. The summed E-state index contributed by atoms with van der Waals surface area (Å²) >= 11 is 0. The van der Waals surface area contributed by atoms with Gasteiger partial charge >= 0.3 is 5.69 Å². The zero-order chi connectivity index (χ0) is 24.3. The molecule has 0 fully saturated rings. The Balaban J connectivity index is 2.05. The number of carbonyl (C=O) groups excluding carboxylic acids is 1. The fraction of sp³-hybridized carbons (Fsp3) is 0.227. The Morgan fingerprint density at radius 3 is 2.15 bits per heavy atom. The van der Waals surface area contributed by atoms with Crippen LogP contribution in [0.25, 0.3) is 0 Å². The molecule has 0 aliphatic carbocycles. The molecule has 0 bridgehead atoms. The topological polar surface area (TPSA) is 141 Å². The zero-order valence-electron chi connectivity index (χ0n) is 18.6. The number of amides is 1. The Hall–Kier alpha value is -3.86. The first kappa shape index (κ1) is 23.8. The lowest BCUT2D eigenvalue weighted by Crippen LogP contribution is -2.42. The third kappa shape index (κ3) is 5.32. The largest absolute Gasteiger partial charge is 0.497 e. The van der Waals surface area contributed by atoms with Gasteiger partial charge in [0.15, 0.2) is 4.90 Å². The van der Waals surface area contributed by atoms with Crippen LogP contribution in [0.3, 0.4) is 0 Å². The van der Waals surface area contributed by atoms with Crippen molar-refractivity contribution in [2.45, 2.75) is 25.7 Å². The van der Waals surface area contributed by atoms with E-state index in [4.69, 9.17) is 4.74 Å². The average Bonchev–Trinajstić information content (AvgIpc) is 2.70. The van der Waals surface area contributed by atoms with Crippen LogP contribution in [0.1, 0.15) is 16.8 Å². The lowest BCUT2D eigenvalue weighted by Gasteiger charge is -2.25. The smallest absolute Gasteiger partial charge is 0.325 e. The van der Waals surface area contributed by atoms with Crippen LogP contribution in [-0.4, -0.2) is 37.9 Å². The highest BCUT2D eigenvalue weighted by Crippen LogP contribution is 2.25. The number of hydrogen-bond donors (Lipinski definition) is 3. The number of nitrogens with one attached hydrogen (secondary N) is 3. The number of sulfonamides is 1. The lowest BCUT2D eigenvalue weighted by atomic mass is 10.1. The first-order chi connectivity index (χ1) is 15.5. The van der Waals surface area contributed by atoms with Crippen molar-refractivity contribution >= 4 is 27.3 Å². The standard InChI is InChI=1S/C22H24N4O6S/c1-13-9-14(2)11-17(10-13)26(12-19(27)24-16-5-7-18(32-4)8-6-16)33(30,31)20-15(3)23-22(29)25-21(20)28/h5-11H,12H2,1-4H3,(H,24,27)(H2,23,25,28,29). The van der Waals surface area contributed by atoms with Crippen molar-refractivity contribution in [3.8, 4) is 5.75 Å². The molecular weight excluding hydrogens is 448 g/mol. The maximum absolute atomic E-state index is 13.6. The Kier molecular flexibility index (Phi) is 6.73. The van der Waals surface area contributed by atoms with E-state index in [1.807, 2.05) is 11.1 Å². The Labute approximate surface area is 190 Å². The van der Waals surface area contributed by atoms with Crippen molar-refractivity contribution in [3.63, 3.8) is 0 Å². The number of hydrogen-bond acceptors (Lipinski definition) is 6. The molecule has 33 heavy (non-hydrogen) atoms. The van der Waals surface area contributed by atoms with E-state index in [1.165, 1.54) is 14.0 Å². The van der Waals surface area contributed by atoms with Crippen LogP contribution in [0.5, 0.6) is 5.75 Å². The minimum atomic E-state index is -4.53. The van der Waals surface area contributed by atoms with Gasteiger partial charge in [-0.1, -0.05) is 6.07 Å². The van der Waals surface area contributed by atoms with Gasteiger partial charge in [0.2, 0.25) is 5.91 Å². The van der Waals surface area contributed by atoms with Gasteiger partial charge in [-0.25, -0.2) is 13.2 Å². The van der Waals surface area contributed by atoms with E-state index in [2.05, 4.69) is 10.3 Å². The molecule has 174 valence electrons. The maximum atomic E-state index is 13.6. The van der Waals surface area contributed by atoms with Crippen LogP contribution in [0.15, 0.2) is 56.9 Å². The highest BCUT2D eigenvalue weighted by atomic mass is 32.2. The van der Waals surface area contributed by atoms with Crippen LogP contribution < -0.4 is 25.6 Å². The number of methoxy groups -OCH3 is 1. The number of carbonyl (C=O) groups is 1. The Bertz CT molecular complexity index is 1390. The Morgan fingerprint density at radius 1 is 1.00 bits per heavy atom. The number of aromatic nitrogens is 2. The number of benzene rings is 2. The van der Waals surface area contributed by atoms with E-state index in [0.29, 0.717) is 11.4 Å². The summed E-state index contributed by atoms with van der Waals surface area (Å²) in [7, 11) is -3.01. The second-order valence-electron chi connectivity index (χ2n) is 7.50. The van der Waals surface area contributed by atoms with Crippen LogP contribution in [0.2, 0.25) is 0 Å². The molecule has 3 rings (SSSR count). The van der Waals surface area contributed by atoms with Crippen LogP contribution >= 0.6 is 0 Å². The van der Waals surface area contributed by atoms with Gasteiger partial charge < -0.3 is 15.0 Å². The quantitative estimate of drug-likeness (QED) is 0.479. The van der Waals surface area contributed by atoms with Crippen molar-refractivity contribution in [2.75, 3.05) is 23.3 Å². The molecular formula is C22H24N4O6S. The summed E-state index contributed by atoms with van der Waals surface area (Å²) in [6, 6.07) is 11.6. The maximum Gasteiger partial charge on any atom is 0.325 e. The number of H-pyrrole nitrogens is 2. The number of nitrogens with zero attached hydrogens (tertiary/aromatic N) is 1. The summed E-state index contributed by atoms with van der Waals surface area (Å²) in [4.78, 5) is 40.4. The highest BCUT2D eigenvalue weighted by molar-refractivity contribution is 7.92. The molecule has 1 heterocycles. The fourth-order valence-electron chi connectivity index (χ4n) is 3.42. The van der Waals surface area contributed by atoms with E-state index in [1.54, 1.807) is 50.2 Å². The van der Waals surface area contributed by atoms with Gasteiger partial charge in [0, 0.05) is 11.4 Å². The molecule has 1 amide bonds. The van der Waals surface area contributed by atoms with Gasteiger partial charge in [0.05, 0.1) is 12.8 Å². The summed E-state index contributed by atoms with van der Waals surface area (Å²) < 4.78 is 33.1. The average molecular weight is 473 g/mol. The van der Waals surface area contributed by atoms with E-state index >= 15 is 0 Å². The van der Waals surface area contributed by atoms with Gasteiger partial charge in [-0.2, -0.15) is 0 Å². The van der Waals surface area contributed by atoms with Gasteiger partial charge in [0.1, 0.15) is 12.3 Å². The molecule has 10 nitrogen and oxygen atoms in total. The van der Waals surface area contributed by atoms with Gasteiger partial charge in [-0.15, -0.1) is 0 Å². The molecule has 0 aliphatic rings. The highest BCUT2D eigenvalue weighted by Gasteiger charge is 2.32. The van der Waals surface area contributed by atoms with Crippen LogP contribution in [-0.2, 0) is 14.8 Å². The van der Waals surface area contributed by atoms with E-state index < -0.39 is 38.6 Å². The molecule has 0 spiro atoms. The fourth-order valence-corrected chi connectivity index (χ4v) is 5.04. The van der Waals surface area contributed by atoms with E-state index in [0.717, 1.165) is 15.4 Å². The summed E-state index contributed by atoms with van der Waals surface area (Å²) in [5.41, 5.74) is 0.168. The van der Waals surface area contributed by atoms with E-state index in [9.17, 15) is 22.8 Å². The number of ether oxygens (including phenoxy) is 1. The zero-order valence-corrected chi connectivity index (χ0v) is 19.4. The first-order valence-electron chi connectivity index (χ1n) is 9.89. The Morgan fingerprint density at radius 2 is 1.61 bits per heavy atom. The number of aromatic amines is 2. The van der Waals surface area contributed by atoms with Crippen molar-refractivity contribution in [1.82, 2.24) is 9.97 Å². The predicted octanol–water partition coefficient (Wildman–Crippen LogP) is 1.83. The second-order valence-corrected chi connectivity index (χ2v) is 9.30. The number of anilines is 2. The molecule has 11 heteroatoms. The minimum absolute atomic E-state index is 0.131. The summed E-state index contributed by atoms with van der Waals surface area (Å²) in [6.07, 6.45) is 0. The van der Waals surface area contributed by atoms with Crippen molar-refractivity contribution < 1.29 is 17.9 Å².